The van der Waals surface area contributed by atoms with E-state index in [1.165, 1.54) is 18.4 Å². The van der Waals surface area contributed by atoms with Gasteiger partial charge < -0.3 is 9.84 Å². The number of rotatable bonds is 4. The molecular weight excluding hydrogens is 200 g/mol. The second-order valence-corrected chi connectivity index (χ2v) is 4.81. The average Bonchev–Trinajstić information content (AvgIpc) is 3.03. The van der Waals surface area contributed by atoms with E-state index in [4.69, 9.17) is 4.74 Å². The zero-order valence-corrected chi connectivity index (χ0v) is 10.3. The van der Waals surface area contributed by atoms with Crippen LogP contribution in [-0.4, -0.2) is 11.2 Å². The molecular formula is C14H20O2. The lowest BCUT2D eigenvalue weighted by molar-refractivity contribution is 0.239. The van der Waals surface area contributed by atoms with Gasteiger partial charge in [0.05, 0.1) is 6.10 Å². The van der Waals surface area contributed by atoms with Crippen molar-refractivity contribution in [1.82, 2.24) is 0 Å². The Morgan fingerprint density at radius 1 is 1.38 bits per heavy atom. The highest BCUT2D eigenvalue weighted by atomic mass is 16.5. The number of ether oxygens (including phenoxy) is 1. The number of aromatic hydroxyl groups is 1. The Bertz CT molecular complexity index is 379. The van der Waals surface area contributed by atoms with E-state index < -0.39 is 0 Å². The molecule has 1 aliphatic carbocycles. The van der Waals surface area contributed by atoms with Crippen LogP contribution in [0.1, 0.15) is 50.7 Å². The number of benzene rings is 1. The summed E-state index contributed by atoms with van der Waals surface area (Å²) in [5, 5.41) is 9.87. The Hall–Kier alpha value is -1.18. The summed E-state index contributed by atoms with van der Waals surface area (Å²) in [6.45, 7) is 6.12. The zero-order chi connectivity index (χ0) is 11.7. The van der Waals surface area contributed by atoms with E-state index in [-0.39, 0.29) is 6.10 Å². The first-order valence-electron chi connectivity index (χ1n) is 6.14. The molecule has 0 atom stereocenters. The van der Waals surface area contributed by atoms with Gasteiger partial charge in [0.15, 0.2) is 0 Å². The van der Waals surface area contributed by atoms with Crippen LogP contribution in [0.4, 0.5) is 0 Å². The van der Waals surface area contributed by atoms with Crippen LogP contribution >= 0.6 is 0 Å². The van der Waals surface area contributed by atoms with Gasteiger partial charge in [-0.1, -0.05) is 6.92 Å². The summed E-state index contributed by atoms with van der Waals surface area (Å²) in [6, 6.07) is 3.90. The summed E-state index contributed by atoms with van der Waals surface area (Å²) in [5.74, 6) is 1.98. The van der Waals surface area contributed by atoms with E-state index in [0.29, 0.717) is 11.7 Å². The summed E-state index contributed by atoms with van der Waals surface area (Å²) in [5.41, 5.74) is 2.16. The van der Waals surface area contributed by atoms with Crippen molar-refractivity contribution < 1.29 is 9.84 Å². The first-order valence-corrected chi connectivity index (χ1v) is 6.14. The van der Waals surface area contributed by atoms with Crippen molar-refractivity contribution in [2.75, 3.05) is 0 Å². The van der Waals surface area contributed by atoms with Gasteiger partial charge in [-0.05, 0) is 56.7 Å². The first-order chi connectivity index (χ1) is 7.61. The van der Waals surface area contributed by atoms with Gasteiger partial charge in [0.25, 0.3) is 0 Å². The van der Waals surface area contributed by atoms with Crippen molar-refractivity contribution in [2.45, 2.75) is 52.1 Å². The summed E-state index contributed by atoms with van der Waals surface area (Å²) in [6.07, 6.45) is 3.47. The third-order valence-corrected chi connectivity index (χ3v) is 2.97. The lowest BCUT2D eigenvalue weighted by Gasteiger charge is -2.16. The molecule has 0 amide bonds. The van der Waals surface area contributed by atoms with Gasteiger partial charge in [0, 0.05) is 5.56 Å². The molecule has 1 saturated carbocycles. The summed E-state index contributed by atoms with van der Waals surface area (Å²) < 4.78 is 5.83. The second-order valence-electron chi connectivity index (χ2n) is 4.81. The number of aryl methyl sites for hydroxylation is 1. The zero-order valence-electron chi connectivity index (χ0n) is 10.3. The Morgan fingerprint density at radius 3 is 2.56 bits per heavy atom. The summed E-state index contributed by atoms with van der Waals surface area (Å²) in [7, 11) is 0. The van der Waals surface area contributed by atoms with Crippen molar-refractivity contribution >= 4 is 0 Å². The number of phenols is 1. The fourth-order valence-electron chi connectivity index (χ4n) is 1.98. The van der Waals surface area contributed by atoms with Crippen LogP contribution < -0.4 is 4.74 Å². The molecule has 1 N–H and O–H groups in total. The Labute approximate surface area is 97.3 Å². The van der Waals surface area contributed by atoms with Crippen molar-refractivity contribution in [2.24, 2.45) is 0 Å². The molecule has 1 aliphatic rings. The van der Waals surface area contributed by atoms with Crippen LogP contribution in [0.25, 0.3) is 0 Å². The minimum atomic E-state index is 0.187. The largest absolute Gasteiger partial charge is 0.508 e. The molecule has 2 rings (SSSR count). The maximum Gasteiger partial charge on any atom is 0.123 e. The maximum atomic E-state index is 9.87. The van der Waals surface area contributed by atoms with Gasteiger partial charge >= 0.3 is 0 Å². The number of phenolic OH excluding ortho intramolecular Hbond substituents is 1. The van der Waals surface area contributed by atoms with E-state index in [0.717, 1.165) is 17.7 Å². The van der Waals surface area contributed by atoms with Gasteiger partial charge in [-0.15, -0.1) is 0 Å². The monoisotopic (exact) mass is 220 g/mol. The van der Waals surface area contributed by atoms with Crippen LogP contribution in [0.5, 0.6) is 11.5 Å². The van der Waals surface area contributed by atoms with Crippen LogP contribution in [0.15, 0.2) is 12.1 Å². The molecule has 0 spiro atoms. The molecule has 16 heavy (non-hydrogen) atoms. The fraction of sp³-hybridized carbons (Fsp3) is 0.571. The number of hydrogen-bond acceptors (Lipinski definition) is 2. The molecule has 1 fully saturated rings. The molecule has 88 valence electrons. The van der Waals surface area contributed by atoms with Crippen LogP contribution in [-0.2, 0) is 6.42 Å². The predicted octanol–water partition coefficient (Wildman–Crippen LogP) is 3.62. The molecule has 2 nitrogen and oxygen atoms in total. The maximum absolute atomic E-state index is 9.87. The highest BCUT2D eigenvalue weighted by molar-refractivity contribution is 5.48. The molecule has 0 aliphatic heterocycles. The molecule has 1 aromatic rings. The lowest BCUT2D eigenvalue weighted by atomic mass is 10.0. The van der Waals surface area contributed by atoms with E-state index in [2.05, 4.69) is 0 Å². The van der Waals surface area contributed by atoms with E-state index in [9.17, 15) is 5.11 Å². The quantitative estimate of drug-likeness (QED) is 0.839. The summed E-state index contributed by atoms with van der Waals surface area (Å²) >= 11 is 0. The first kappa shape index (κ1) is 11.3. The Morgan fingerprint density at radius 2 is 2.06 bits per heavy atom. The SMILES string of the molecule is CCc1cc(OC(C)C)c(C2CC2)cc1O. The number of hydrogen-bond donors (Lipinski definition) is 1. The second kappa shape index (κ2) is 4.36. The van der Waals surface area contributed by atoms with Crippen LogP contribution in [0.2, 0.25) is 0 Å². The Kier molecular flexibility index (Phi) is 3.08. The minimum Gasteiger partial charge on any atom is -0.508 e. The summed E-state index contributed by atoms with van der Waals surface area (Å²) in [4.78, 5) is 0. The predicted molar refractivity (Wildman–Crippen MR) is 65.2 cm³/mol. The van der Waals surface area contributed by atoms with Gasteiger partial charge in [-0.2, -0.15) is 0 Å². The smallest absolute Gasteiger partial charge is 0.123 e. The third kappa shape index (κ3) is 2.31. The molecule has 0 heterocycles. The van der Waals surface area contributed by atoms with E-state index in [1.54, 1.807) is 0 Å². The van der Waals surface area contributed by atoms with Crippen molar-refractivity contribution in [1.29, 1.82) is 0 Å². The third-order valence-electron chi connectivity index (χ3n) is 2.97. The van der Waals surface area contributed by atoms with Crippen molar-refractivity contribution in [3.63, 3.8) is 0 Å². The van der Waals surface area contributed by atoms with Gasteiger partial charge in [-0.25, -0.2) is 0 Å². The standard InChI is InChI=1S/C14H20O2/c1-4-10-7-14(16-9(2)3)12(8-13(10)15)11-5-6-11/h7-9,11,15H,4-6H2,1-3H3. The van der Waals surface area contributed by atoms with Gasteiger partial charge in [0.2, 0.25) is 0 Å². The van der Waals surface area contributed by atoms with Crippen molar-refractivity contribution in [3.8, 4) is 11.5 Å². The molecule has 0 aromatic heterocycles. The van der Waals surface area contributed by atoms with Crippen LogP contribution in [0, 0.1) is 0 Å². The molecule has 0 bridgehead atoms. The highest BCUT2D eigenvalue weighted by Gasteiger charge is 2.28. The van der Waals surface area contributed by atoms with Gasteiger partial charge in [0.1, 0.15) is 11.5 Å². The molecule has 0 radical (unpaired) electrons. The fourth-order valence-corrected chi connectivity index (χ4v) is 1.98. The molecule has 1 aromatic carbocycles. The van der Waals surface area contributed by atoms with Crippen LogP contribution in [0.3, 0.4) is 0 Å². The lowest BCUT2D eigenvalue weighted by Crippen LogP contribution is -2.07. The normalized spacial score (nSPS) is 15.5. The van der Waals surface area contributed by atoms with E-state index >= 15 is 0 Å². The minimum absolute atomic E-state index is 0.187. The topological polar surface area (TPSA) is 29.5 Å². The Balaban J connectivity index is 2.37. The average molecular weight is 220 g/mol. The highest BCUT2D eigenvalue weighted by Crippen LogP contribution is 2.46. The molecule has 0 unspecified atom stereocenters. The van der Waals surface area contributed by atoms with E-state index in [1.807, 2.05) is 32.9 Å². The molecule has 2 heteroatoms. The molecule has 0 saturated heterocycles. The van der Waals surface area contributed by atoms with Crippen molar-refractivity contribution in [3.05, 3.63) is 23.3 Å². The van der Waals surface area contributed by atoms with Gasteiger partial charge in [-0.3, -0.25) is 0 Å².